The lowest BCUT2D eigenvalue weighted by molar-refractivity contribution is 0.0685. The highest BCUT2D eigenvalue weighted by molar-refractivity contribution is 5.82. The number of hydrogen-bond acceptors (Lipinski definition) is 7. The van der Waals surface area contributed by atoms with Crippen LogP contribution in [0.3, 0.4) is 0 Å². The molecule has 0 spiro atoms. The molecule has 1 aliphatic rings. The van der Waals surface area contributed by atoms with Gasteiger partial charge in [-0.3, -0.25) is 4.98 Å². The van der Waals surface area contributed by atoms with Crippen LogP contribution in [0.15, 0.2) is 47.8 Å². The van der Waals surface area contributed by atoms with E-state index in [2.05, 4.69) is 40.3 Å². The van der Waals surface area contributed by atoms with Gasteiger partial charge in [-0.05, 0) is 64.2 Å². The SMILES string of the molecule is CC(CCN1CCCc2nc(C)c(C)cc21)=NO[C@H](C)c1cn([C@H](CO)Cc2ccccc2)nn1. The third kappa shape index (κ3) is 6.25. The molecule has 186 valence electrons. The van der Waals surface area contributed by atoms with Crippen LogP contribution in [0.2, 0.25) is 0 Å². The fourth-order valence-corrected chi connectivity index (χ4v) is 4.34. The maximum Gasteiger partial charge on any atom is 0.169 e. The second-order valence-electron chi connectivity index (χ2n) is 9.42. The zero-order valence-corrected chi connectivity index (χ0v) is 21.2. The number of hydrogen-bond donors (Lipinski definition) is 1. The molecule has 8 nitrogen and oxygen atoms in total. The van der Waals surface area contributed by atoms with Crippen LogP contribution in [0.1, 0.15) is 67.0 Å². The quantitative estimate of drug-likeness (QED) is 0.345. The molecule has 8 heteroatoms. The van der Waals surface area contributed by atoms with Crippen LogP contribution in [0.25, 0.3) is 0 Å². The van der Waals surface area contributed by atoms with Gasteiger partial charge in [0.15, 0.2) is 6.10 Å². The highest BCUT2D eigenvalue weighted by Crippen LogP contribution is 2.28. The minimum Gasteiger partial charge on any atom is -0.394 e. The Bertz CT molecular complexity index is 1140. The normalized spacial score (nSPS) is 15.6. The van der Waals surface area contributed by atoms with Gasteiger partial charge in [0.05, 0.1) is 35.9 Å². The molecule has 3 heterocycles. The number of nitrogens with zero attached hydrogens (tertiary/aromatic N) is 6. The summed E-state index contributed by atoms with van der Waals surface area (Å²) in [6.07, 6.45) is 5.17. The molecule has 0 bridgehead atoms. The summed E-state index contributed by atoms with van der Waals surface area (Å²) in [7, 11) is 0. The largest absolute Gasteiger partial charge is 0.394 e. The van der Waals surface area contributed by atoms with Gasteiger partial charge in [0.25, 0.3) is 0 Å². The van der Waals surface area contributed by atoms with E-state index >= 15 is 0 Å². The molecule has 0 fully saturated rings. The first-order chi connectivity index (χ1) is 16.9. The van der Waals surface area contributed by atoms with Gasteiger partial charge in [-0.2, -0.15) is 0 Å². The van der Waals surface area contributed by atoms with Crippen molar-refractivity contribution in [2.24, 2.45) is 5.16 Å². The first kappa shape index (κ1) is 24.9. The van der Waals surface area contributed by atoms with Crippen molar-refractivity contribution in [3.63, 3.8) is 0 Å². The maximum absolute atomic E-state index is 9.87. The Balaban J connectivity index is 1.32. The number of fused-ring (bicyclic) bond motifs is 1. The summed E-state index contributed by atoms with van der Waals surface area (Å²) in [5.41, 5.74) is 7.58. The number of anilines is 1. The number of aryl methyl sites for hydroxylation is 3. The molecule has 2 atom stereocenters. The Kier molecular flexibility index (Phi) is 8.13. The van der Waals surface area contributed by atoms with Crippen molar-refractivity contribution in [1.29, 1.82) is 0 Å². The van der Waals surface area contributed by atoms with Gasteiger partial charge in [0.2, 0.25) is 0 Å². The number of aliphatic hydroxyl groups excluding tert-OH is 1. The van der Waals surface area contributed by atoms with E-state index in [4.69, 9.17) is 9.82 Å². The Hall–Kier alpha value is -3.26. The van der Waals surface area contributed by atoms with E-state index in [1.807, 2.05) is 50.4 Å². The predicted octanol–water partition coefficient (Wildman–Crippen LogP) is 4.36. The van der Waals surface area contributed by atoms with Crippen molar-refractivity contribution in [2.75, 3.05) is 24.6 Å². The van der Waals surface area contributed by atoms with Crippen LogP contribution in [0.4, 0.5) is 5.69 Å². The molecule has 0 aliphatic carbocycles. The molecule has 1 aliphatic heterocycles. The first-order valence-electron chi connectivity index (χ1n) is 12.4. The summed E-state index contributed by atoms with van der Waals surface area (Å²) in [4.78, 5) is 13.0. The number of oxime groups is 1. The lowest BCUT2D eigenvalue weighted by Gasteiger charge is -2.31. The lowest BCUT2D eigenvalue weighted by atomic mass is 10.0. The molecule has 0 amide bonds. The monoisotopic (exact) mass is 476 g/mol. The van der Waals surface area contributed by atoms with Crippen LogP contribution >= 0.6 is 0 Å². The molecule has 0 saturated carbocycles. The zero-order valence-electron chi connectivity index (χ0n) is 21.2. The van der Waals surface area contributed by atoms with Crippen molar-refractivity contribution < 1.29 is 9.94 Å². The Morgan fingerprint density at radius 1 is 1.23 bits per heavy atom. The van der Waals surface area contributed by atoms with Gasteiger partial charge in [-0.1, -0.05) is 40.7 Å². The van der Waals surface area contributed by atoms with Crippen molar-refractivity contribution in [3.05, 3.63) is 70.8 Å². The van der Waals surface area contributed by atoms with E-state index in [9.17, 15) is 5.11 Å². The number of aliphatic hydroxyl groups is 1. The molecular formula is C27H36N6O2. The van der Waals surface area contributed by atoms with Crippen molar-refractivity contribution >= 4 is 11.4 Å². The topological polar surface area (TPSA) is 88.7 Å². The standard InChI is InChI=1S/C27H36N6O2/c1-19-15-27-25(28-21(19)3)11-8-13-32(27)14-12-20(2)30-35-22(4)26-17-33(31-29-26)24(18-34)16-23-9-6-5-7-10-23/h5-7,9-10,15,17,22,24,34H,8,11-14,16,18H2,1-4H3/t22-,24+/m1/s1. The highest BCUT2D eigenvalue weighted by Gasteiger charge is 2.20. The minimum atomic E-state index is -0.333. The fraction of sp³-hybridized carbons (Fsp3) is 0.481. The fourth-order valence-electron chi connectivity index (χ4n) is 4.34. The minimum absolute atomic E-state index is 0.0154. The summed E-state index contributed by atoms with van der Waals surface area (Å²) >= 11 is 0. The summed E-state index contributed by atoms with van der Waals surface area (Å²) in [6, 6.07) is 12.2. The molecule has 1 N–H and O–H groups in total. The van der Waals surface area contributed by atoms with Crippen LogP contribution in [-0.4, -0.2) is 50.5 Å². The third-order valence-corrected chi connectivity index (χ3v) is 6.66. The van der Waals surface area contributed by atoms with E-state index in [-0.39, 0.29) is 18.8 Å². The van der Waals surface area contributed by atoms with Crippen LogP contribution < -0.4 is 4.90 Å². The highest BCUT2D eigenvalue weighted by atomic mass is 16.6. The molecule has 4 rings (SSSR count). The second-order valence-corrected chi connectivity index (χ2v) is 9.42. The molecule has 1 aromatic carbocycles. The first-order valence-corrected chi connectivity index (χ1v) is 12.4. The zero-order chi connectivity index (χ0) is 24.8. The smallest absolute Gasteiger partial charge is 0.169 e. The van der Waals surface area contributed by atoms with Crippen molar-refractivity contribution in [2.45, 2.75) is 65.5 Å². The van der Waals surface area contributed by atoms with Crippen molar-refractivity contribution in [1.82, 2.24) is 20.0 Å². The van der Waals surface area contributed by atoms with Gasteiger partial charge in [-0.15, -0.1) is 5.10 Å². The Morgan fingerprint density at radius 3 is 2.80 bits per heavy atom. The number of aromatic nitrogens is 4. The molecule has 0 radical (unpaired) electrons. The van der Waals surface area contributed by atoms with E-state index in [0.29, 0.717) is 12.1 Å². The molecule has 3 aromatic rings. The van der Waals surface area contributed by atoms with Crippen LogP contribution in [-0.2, 0) is 17.7 Å². The molecule has 2 aromatic heterocycles. The van der Waals surface area contributed by atoms with E-state index < -0.39 is 0 Å². The average molecular weight is 477 g/mol. The van der Waals surface area contributed by atoms with E-state index in [1.165, 1.54) is 16.9 Å². The van der Waals surface area contributed by atoms with Gasteiger partial charge in [-0.25, -0.2) is 4.68 Å². The molecule has 0 saturated heterocycles. The van der Waals surface area contributed by atoms with Gasteiger partial charge < -0.3 is 14.8 Å². The predicted molar refractivity (Wildman–Crippen MR) is 138 cm³/mol. The van der Waals surface area contributed by atoms with Crippen LogP contribution in [0.5, 0.6) is 0 Å². The second kappa shape index (κ2) is 11.4. The summed E-state index contributed by atoms with van der Waals surface area (Å²) < 4.78 is 1.71. The molecule has 35 heavy (non-hydrogen) atoms. The van der Waals surface area contributed by atoms with E-state index in [0.717, 1.165) is 49.3 Å². The van der Waals surface area contributed by atoms with Crippen molar-refractivity contribution in [3.8, 4) is 0 Å². The lowest BCUT2D eigenvalue weighted by Crippen LogP contribution is -2.32. The third-order valence-electron chi connectivity index (χ3n) is 6.66. The van der Waals surface area contributed by atoms with Gasteiger partial charge >= 0.3 is 0 Å². The maximum atomic E-state index is 9.87. The van der Waals surface area contributed by atoms with E-state index in [1.54, 1.807) is 4.68 Å². The van der Waals surface area contributed by atoms with Gasteiger partial charge in [0, 0.05) is 25.2 Å². The Labute approximate surface area is 207 Å². The average Bonchev–Trinajstić information content (AvgIpc) is 3.36. The van der Waals surface area contributed by atoms with Crippen LogP contribution in [0, 0.1) is 13.8 Å². The number of benzene rings is 1. The molecule has 0 unspecified atom stereocenters. The number of pyridine rings is 1. The molecular weight excluding hydrogens is 440 g/mol. The van der Waals surface area contributed by atoms with Gasteiger partial charge in [0.1, 0.15) is 5.69 Å². The summed E-state index contributed by atoms with van der Waals surface area (Å²) in [6.45, 7) is 10.0. The summed E-state index contributed by atoms with van der Waals surface area (Å²) in [5, 5.41) is 22.7. The number of rotatable bonds is 10. The summed E-state index contributed by atoms with van der Waals surface area (Å²) in [5.74, 6) is 0. The Morgan fingerprint density at radius 2 is 2.03 bits per heavy atom.